The van der Waals surface area contributed by atoms with Crippen molar-refractivity contribution in [1.82, 2.24) is 15.0 Å². The summed E-state index contributed by atoms with van der Waals surface area (Å²) in [6.07, 6.45) is 1.58. The summed E-state index contributed by atoms with van der Waals surface area (Å²) in [5.74, 6) is 6.09. The molecular weight excluding hydrogens is 378 g/mol. The molecule has 3 aromatic rings. The molecule has 0 radical (unpaired) electrons. The molecule has 0 aliphatic heterocycles. The van der Waals surface area contributed by atoms with Gasteiger partial charge < -0.3 is 16.2 Å². The first kappa shape index (κ1) is 19.1. The third-order valence-corrected chi connectivity index (χ3v) is 4.19. The number of esters is 1. The fourth-order valence-electron chi connectivity index (χ4n) is 2.50. The summed E-state index contributed by atoms with van der Waals surface area (Å²) in [6.45, 7) is 1.79. The number of nitrogen functional groups attached to an aromatic ring is 2. The Labute approximate surface area is 166 Å². The summed E-state index contributed by atoms with van der Waals surface area (Å²) in [5, 5.41) is 0.237. The number of hydrogen-bond acceptors (Lipinski definition) is 7. The molecule has 28 heavy (non-hydrogen) atoms. The van der Waals surface area contributed by atoms with Gasteiger partial charge in [-0.3, -0.25) is 0 Å². The van der Waals surface area contributed by atoms with Gasteiger partial charge in [-0.15, -0.1) is 0 Å². The van der Waals surface area contributed by atoms with Crippen LogP contribution >= 0.6 is 11.6 Å². The summed E-state index contributed by atoms with van der Waals surface area (Å²) < 4.78 is 4.71. The zero-order valence-corrected chi connectivity index (χ0v) is 15.9. The molecular formula is C20H16ClN5O2. The van der Waals surface area contributed by atoms with Crippen molar-refractivity contribution in [1.29, 1.82) is 0 Å². The summed E-state index contributed by atoms with van der Waals surface area (Å²) in [7, 11) is 1.29. The molecule has 0 aliphatic carbocycles. The van der Waals surface area contributed by atoms with Gasteiger partial charge in [-0.25, -0.2) is 19.7 Å². The minimum Gasteiger partial charge on any atom is -0.465 e. The summed E-state index contributed by atoms with van der Waals surface area (Å²) >= 11 is 6.24. The lowest BCUT2D eigenvalue weighted by molar-refractivity contribution is 0.0601. The van der Waals surface area contributed by atoms with E-state index in [0.717, 1.165) is 0 Å². The average Bonchev–Trinajstić information content (AvgIpc) is 2.67. The van der Waals surface area contributed by atoms with Gasteiger partial charge >= 0.3 is 5.97 Å². The molecule has 0 amide bonds. The van der Waals surface area contributed by atoms with Crippen LogP contribution in [0, 0.1) is 18.8 Å². The van der Waals surface area contributed by atoms with E-state index < -0.39 is 5.97 Å². The maximum atomic E-state index is 11.8. The maximum absolute atomic E-state index is 11.8. The van der Waals surface area contributed by atoms with Crippen LogP contribution in [0.2, 0.25) is 5.02 Å². The molecule has 8 heteroatoms. The predicted octanol–water partition coefficient (Wildman–Crippen LogP) is 2.85. The number of nitrogens with zero attached hydrogens (tertiary/aromatic N) is 3. The van der Waals surface area contributed by atoms with Gasteiger partial charge in [-0.2, -0.15) is 0 Å². The Hall–Kier alpha value is -3.63. The molecule has 4 N–H and O–H groups in total. The van der Waals surface area contributed by atoms with Gasteiger partial charge in [0.15, 0.2) is 0 Å². The standard InChI is InChI=1S/C20H16ClN5O2/c1-11-14(6-3-12-4-8-17(22)24-10-12)18(26-20(23)25-11)13-5-7-15(16(21)9-13)19(27)28-2/h4-5,7-10H,1-2H3,(H2,22,24)(H2,23,25,26). The summed E-state index contributed by atoms with van der Waals surface area (Å²) in [6, 6.07) is 8.32. The number of anilines is 2. The molecule has 2 heterocycles. The second-order valence-electron chi connectivity index (χ2n) is 5.80. The van der Waals surface area contributed by atoms with Gasteiger partial charge in [-0.1, -0.05) is 29.5 Å². The molecule has 0 spiro atoms. The number of halogens is 1. The number of pyridine rings is 1. The zero-order valence-electron chi connectivity index (χ0n) is 15.2. The highest BCUT2D eigenvalue weighted by molar-refractivity contribution is 6.33. The number of nitrogens with two attached hydrogens (primary N) is 2. The van der Waals surface area contributed by atoms with Gasteiger partial charge in [0.1, 0.15) is 5.82 Å². The van der Waals surface area contributed by atoms with Gasteiger partial charge in [0, 0.05) is 17.3 Å². The van der Waals surface area contributed by atoms with Crippen LogP contribution in [0.15, 0.2) is 36.5 Å². The van der Waals surface area contributed by atoms with Crippen molar-refractivity contribution in [2.24, 2.45) is 0 Å². The fraction of sp³-hybridized carbons (Fsp3) is 0.100. The first-order valence-corrected chi connectivity index (χ1v) is 8.52. The lowest BCUT2D eigenvalue weighted by atomic mass is 10.0. The molecule has 0 saturated heterocycles. The lowest BCUT2D eigenvalue weighted by Gasteiger charge is -2.10. The number of methoxy groups -OCH3 is 1. The molecule has 3 rings (SSSR count). The van der Waals surface area contributed by atoms with E-state index >= 15 is 0 Å². The van der Waals surface area contributed by atoms with Gasteiger partial charge in [0.05, 0.1) is 34.6 Å². The van der Waals surface area contributed by atoms with Crippen LogP contribution in [0.5, 0.6) is 0 Å². The number of aromatic nitrogens is 3. The summed E-state index contributed by atoms with van der Waals surface area (Å²) in [5.41, 5.74) is 14.7. The molecule has 0 unspecified atom stereocenters. The number of hydrogen-bond donors (Lipinski definition) is 2. The minimum atomic E-state index is -0.522. The second-order valence-corrected chi connectivity index (χ2v) is 6.21. The topological polar surface area (TPSA) is 117 Å². The molecule has 0 atom stereocenters. The van der Waals surface area contributed by atoms with Gasteiger partial charge in [0.25, 0.3) is 0 Å². The highest BCUT2D eigenvalue weighted by atomic mass is 35.5. The third kappa shape index (κ3) is 4.03. The van der Waals surface area contributed by atoms with E-state index in [9.17, 15) is 4.79 Å². The number of carbonyl (C=O) groups excluding carboxylic acids is 1. The van der Waals surface area contributed by atoms with Crippen molar-refractivity contribution < 1.29 is 9.53 Å². The Bertz CT molecular complexity index is 1120. The van der Waals surface area contributed by atoms with Crippen LogP contribution in [-0.2, 0) is 4.74 Å². The van der Waals surface area contributed by atoms with Crippen molar-refractivity contribution in [2.75, 3.05) is 18.6 Å². The SMILES string of the molecule is COC(=O)c1ccc(-c2nc(N)nc(C)c2C#Cc2ccc(N)nc2)cc1Cl. The Morgan fingerprint density at radius 3 is 2.57 bits per heavy atom. The van der Waals surface area contributed by atoms with Crippen LogP contribution in [0.25, 0.3) is 11.3 Å². The van der Waals surface area contributed by atoms with Crippen molar-refractivity contribution in [3.05, 3.63) is 63.9 Å². The highest BCUT2D eigenvalue weighted by Crippen LogP contribution is 2.28. The van der Waals surface area contributed by atoms with Crippen LogP contribution in [0.3, 0.4) is 0 Å². The van der Waals surface area contributed by atoms with Crippen molar-refractivity contribution in [3.8, 4) is 23.1 Å². The Morgan fingerprint density at radius 2 is 1.93 bits per heavy atom. The van der Waals surface area contributed by atoms with Crippen LogP contribution in [0.1, 0.15) is 27.2 Å². The average molecular weight is 394 g/mol. The Balaban J connectivity index is 2.11. The maximum Gasteiger partial charge on any atom is 0.339 e. The fourth-order valence-corrected chi connectivity index (χ4v) is 2.76. The molecule has 0 saturated carbocycles. The third-order valence-electron chi connectivity index (χ3n) is 3.87. The molecule has 1 aromatic carbocycles. The van der Waals surface area contributed by atoms with E-state index in [1.54, 1.807) is 43.5 Å². The number of rotatable bonds is 2. The lowest BCUT2D eigenvalue weighted by Crippen LogP contribution is -2.04. The molecule has 0 fully saturated rings. The summed E-state index contributed by atoms with van der Waals surface area (Å²) in [4.78, 5) is 24.3. The first-order chi connectivity index (χ1) is 13.4. The molecule has 0 aliphatic rings. The number of aryl methyl sites for hydroxylation is 1. The van der Waals surface area contributed by atoms with E-state index in [-0.39, 0.29) is 16.5 Å². The quantitative estimate of drug-likeness (QED) is 0.507. The number of carbonyl (C=O) groups is 1. The minimum absolute atomic E-state index is 0.111. The molecule has 0 bridgehead atoms. The van der Waals surface area contributed by atoms with Crippen LogP contribution in [-0.4, -0.2) is 28.0 Å². The number of benzene rings is 1. The van der Waals surface area contributed by atoms with Crippen LogP contribution in [0.4, 0.5) is 11.8 Å². The van der Waals surface area contributed by atoms with Crippen molar-refractivity contribution >= 4 is 29.3 Å². The smallest absolute Gasteiger partial charge is 0.339 e. The normalized spacial score (nSPS) is 10.1. The van der Waals surface area contributed by atoms with Crippen LogP contribution < -0.4 is 11.5 Å². The molecule has 2 aromatic heterocycles. The zero-order chi connectivity index (χ0) is 20.3. The Kier molecular flexibility index (Phi) is 5.43. The molecule has 7 nitrogen and oxygen atoms in total. The number of ether oxygens (including phenoxy) is 1. The van der Waals surface area contributed by atoms with E-state index in [1.165, 1.54) is 7.11 Å². The van der Waals surface area contributed by atoms with E-state index in [1.807, 2.05) is 0 Å². The van der Waals surface area contributed by atoms with Gasteiger partial charge in [0.2, 0.25) is 5.95 Å². The van der Waals surface area contributed by atoms with Gasteiger partial charge in [-0.05, 0) is 31.2 Å². The molecule has 140 valence electrons. The highest BCUT2D eigenvalue weighted by Gasteiger charge is 2.15. The van der Waals surface area contributed by atoms with E-state index in [2.05, 4.69) is 26.8 Å². The van der Waals surface area contributed by atoms with E-state index in [4.69, 9.17) is 27.8 Å². The largest absolute Gasteiger partial charge is 0.465 e. The van der Waals surface area contributed by atoms with E-state index in [0.29, 0.717) is 33.9 Å². The predicted molar refractivity (Wildman–Crippen MR) is 108 cm³/mol. The monoisotopic (exact) mass is 393 g/mol. The Morgan fingerprint density at radius 1 is 1.14 bits per heavy atom. The first-order valence-electron chi connectivity index (χ1n) is 8.15. The van der Waals surface area contributed by atoms with Crippen molar-refractivity contribution in [3.63, 3.8) is 0 Å². The van der Waals surface area contributed by atoms with Crippen molar-refractivity contribution in [2.45, 2.75) is 6.92 Å². The second kappa shape index (κ2) is 7.94.